The number of nitrogens with zero attached hydrogens (tertiary/aromatic N) is 1. The summed E-state index contributed by atoms with van der Waals surface area (Å²) in [5.74, 6) is 0.678. The molecular weight excluding hydrogens is 681 g/mol. The van der Waals surface area contributed by atoms with E-state index >= 15 is 0 Å². The van der Waals surface area contributed by atoms with E-state index in [1.54, 1.807) is 38.7 Å². The van der Waals surface area contributed by atoms with Crippen molar-refractivity contribution in [1.29, 1.82) is 0 Å². The summed E-state index contributed by atoms with van der Waals surface area (Å²) in [6.07, 6.45) is 4.75. The zero-order valence-electron chi connectivity index (χ0n) is 27.9. The highest BCUT2D eigenvalue weighted by Gasteiger charge is 2.38. The second-order valence-corrected chi connectivity index (χ2v) is 13.2. The number of esters is 2. The molecule has 0 saturated carbocycles. The van der Waals surface area contributed by atoms with Gasteiger partial charge in [0.15, 0.2) is 29.9 Å². The van der Waals surface area contributed by atoms with Gasteiger partial charge in [-0.05, 0) is 72.8 Å². The van der Waals surface area contributed by atoms with Crippen molar-refractivity contribution >= 4 is 40.8 Å². The molecule has 7 rings (SSSR count). The molecule has 4 aromatic rings. The van der Waals surface area contributed by atoms with Crippen molar-refractivity contribution in [2.45, 2.75) is 43.9 Å². The molecule has 12 heteroatoms. The topological polar surface area (TPSA) is 130 Å². The monoisotopic (exact) mass is 721 g/mol. The average Bonchev–Trinajstić information content (AvgIpc) is 3.12. The Balaban J connectivity index is 0.00000486. The van der Waals surface area contributed by atoms with Crippen LogP contribution in [-0.4, -0.2) is 62.3 Å². The lowest BCUT2D eigenvalue weighted by atomic mass is 9.86. The summed E-state index contributed by atoms with van der Waals surface area (Å²) in [6.45, 7) is 2.91. The Kier molecular flexibility index (Phi) is 12.6. The maximum absolute atomic E-state index is 13.7. The Hall–Kier alpha value is -4.35. The number of hydrogen-bond acceptors (Lipinski definition) is 9. The van der Waals surface area contributed by atoms with Crippen LogP contribution in [0.25, 0.3) is 0 Å². The predicted molar refractivity (Wildman–Crippen MR) is 189 cm³/mol. The van der Waals surface area contributed by atoms with Crippen molar-refractivity contribution in [3.63, 3.8) is 0 Å². The minimum Gasteiger partial charge on any atom is -0.870 e. The van der Waals surface area contributed by atoms with Crippen LogP contribution in [0.2, 0.25) is 10.0 Å². The zero-order valence-corrected chi connectivity index (χ0v) is 29.5. The third-order valence-corrected chi connectivity index (χ3v) is 9.93. The van der Waals surface area contributed by atoms with Gasteiger partial charge in [-0.1, -0.05) is 71.7 Å². The van der Waals surface area contributed by atoms with Gasteiger partial charge < -0.3 is 29.7 Å². The van der Waals surface area contributed by atoms with Crippen LogP contribution in [-0.2, 0) is 31.9 Å². The molecule has 3 aliphatic rings. The number of carbonyl (C=O) groups is 2. The molecule has 10 nitrogen and oxygen atoms in total. The smallest absolute Gasteiger partial charge is 0.333 e. The van der Waals surface area contributed by atoms with Crippen molar-refractivity contribution < 1.29 is 39.0 Å². The maximum atomic E-state index is 13.7. The first kappa shape index (κ1) is 36.9. The number of methoxy groups -OCH3 is 2. The van der Waals surface area contributed by atoms with E-state index in [-0.39, 0.29) is 30.4 Å². The first-order valence-electron chi connectivity index (χ1n) is 16.4. The zero-order chi connectivity index (χ0) is 34.3. The number of aromatic nitrogens is 1. The van der Waals surface area contributed by atoms with Gasteiger partial charge in [-0.15, -0.1) is 0 Å². The van der Waals surface area contributed by atoms with E-state index in [2.05, 4.69) is 15.2 Å². The predicted octanol–water partition coefficient (Wildman–Crippen LogP) is 6.51. The number of piperidine rings is 3. The number of pyridine rings is 1. The molecule has 0 spiro atoms. The van der Waals surface area contributed by atoms with E-state index in [1.807, 2.05) is 60.7 Å². The Bertz CT molecular complexity index is 1750. The molecular formula is C38H41Cl2N3O7. The lowest BCUT2D eigenvalue weighted by Crippen LogP contribution is -2.52. The van der Waals surface area contributed by atoms with Crippen molar-refractivity contribution in [1.82, 2.24) is 4.90 Å². The third-order valence-electron chi connectivity index (χ3n) is 9.26. The number of rotatable bonds is 13. The van der Waals surface area contributed by atoms with Gasteiger partial charge >= 0.3 is 11.9 Å². The summed E-state index contributed by atoms with van der Waals surface area (Å²) in [4.78, 5) is 32.5. The van der Waals surface area contributed by atoms with E-state index in [0.29, 0.717) is 49.8 Å². The van der Waals surface area contributed by atoms with Gasteiger partial charge in [0.25, 0.3) is 0 Å². The summed E-state index contributed by atoms with van der Waals surface area (Å²) in [5.41, 5.74) is 3.52. The van der Waals surface area contributed by atoms with Gasteiger partial charge in [-0.25, -0.2) is 9.78 Å². The number of anilines is 1. The molecule has 0 radical (unpaired) electrons. The van der Waals surface area contributed by atoms with E-state index in [4.69, 9.17) is 42.1 Å². The first-order chi connectivity index (χ1) is 23.8. The molecule has 0 amide bonds. The van der Waals surface area contributed by atoms with Gasteiger partial charge in [-0.3, -0.25) is 9.69 Å². The van der Waals surface area contributed by atoms with Crippen LogP contribution in [0.3, 0.4) is 0 Å². The second-order valence-electron chi connectivity index (χ2n) is 12.4. The molecule has 1 aromatic heterocycles. The number of aromatic amines is 1. The number of halogens is 2. The van der Waals surface area contributed by atoms with Crippen LogP contribution in [0.5, 0.6) is 11.5 Å². The van der Waals surface area contributed by atoms with Gasteiger partial charge in [0.2, 0.25) is 0 Å². The molecule has 3 saturated heterocycles. The highest BCUT2D eigenvalue weighted by molar-refractivity contribution is 6.35. The van der Waals surface area contributed by atoms with E-state index in [0.717, 1.165) is 38.0 Å². The summed E-state index contributed by atoms with van der Waals surface area (Å²) >= 11 is 13.0. The molecule has 3 aliphatic heterocycles. The van der Waals surface area contributed by atoms with E-state index < -0.39 is 18.1 Å². The molecule has 3 fully saturated rings. The SMILES string of the molecule is COc1ccc(C(Cc2c(Cl)c[nH+]cc2Cl)OC(=O)Cc2cccc(NC(C(=O)O[C@H]3CN4CCC3CC4)c3ccccc3)c2)cc1OC.[OH-]. The van der Waals surface area contributed by atoms with Crippen LogP contribution in [0.4, 0.5) is 5.69 Å². The number of H-pyrrole nitrogens is 1. The lowest BCUT2D eigenvalue weighted by molar-refractivity contribution is -0.377. The van der Waals surface area contributed by atoms with Crippen molar-refractivity contribution in [3.8, 4) is 11.5 Å². The molecule has 3 aromatic carbocycles. The Morgan fingerprint density at radius 3 is 2.28 bits per heavy atom. The number of benzene rings is 3. The molecule has 3 N–H and O–H groups in total. The van der Waals surface area contributed by atoms with E-state index in [9.17, 15) is 9.59 Å². The normalized spacial score (nSPS) is 19.0. The van der Waals surface area contributed by atoms with Crippen LogP contribution >= 0.6 is 23.2 Å². The van der Waals surface area contributed by atoms with Crippen molar-refractivity contribution in [2.24, 2.45) is 5.92 Å². The highest BCUT2D eigenvalue weighted by Crippen LogP contribution is 2.36. The quantitative estimate of drug-likeness (QED) is 0.154. The summed E-state index contributed by atoms with van der Waals surface area (Å²) in [6, 6.07) is 21.6. The fraction of sp³-hybridized carbons (Fsp3) is 0.342. The maximum Gasteiger partial charge on any atom is 0.333 e. The molecule has 2 bridgehead atoms. The van der Waals surface area contributed by atoms with Crippen LogP contribution in [0.15, 0.2) is 85.2 Å². The summed E-state index contributed by atoms with van der Waals surface area (Å²) in [7, 11) is 3.10. The van der Waals surface area contributed by atoms with Crippen LogP contribution < -0.4 is 19.8 Å². The van der Waals surface area contributed by atoms with E-state index in [1.165, 1.54) is 0 Å². The molecule has 2 unspecified atom stereocenters. The fourth-order valence-electron chi connectivity index (χ4n) is 6.63. The highest BCUT2D eigenvalue weighted by atomic mass is 35.5. The molecule has 0 aliphatic carbocycles. The Morgan fingerprint density at radius 2 is 1.62 bits per heavy atom. The minimum absolute atomic E-state index is 0. The van der Waals surface area contributed by atoms with Gasteiger partial charge in [0.1, 0.15) is 22.3 Å². The van der Waals surface area contributed by atoms with Gasteiger partial charge in [-0.2, -0.15) is 0 Å². The van der Waals surface area contributed by atoms with Gasteiger partial charge in [0, 0.05) is 24.2 Å². The lowest BCUT2D eigenvalue weighted by Gasteiger charge is -2.44. The molecule has 264 valence electrons. The second kappa shape index (κ2) is 17.0. The van der Waals surface area contributed by atoms with Gasteiger partial charge in [0.05, 0.1) is 20.6 Å². The average molecular weight is 723 g/mol. The molecule has 3 atom stereocenters. The Morgan fingerprint density at radius 1 is 0.900 bits per heavy atom. The van der Waals surface area contributed by atoms with Crippen LogP contribution in [0, 0.1) is 5.92 Å². The minimum atomic E-state index is -0.727. The molecule has 50 heavy (non-hydrogen) atoms. The summed E-state index contributed by atoms with van der Waals surface area (Å²) < 4.78 is 23.2. The largest absolute Gasteiger partial charge is 0.870 e. The number of carbonyl (C=O) groups excluding carboxylic acids is 2. The number of fused-ring (bicyclic) bond motifs is 3. The standard InChI is InChI=1S/C38H39Cl2N3O6.H2O/c1-46-32-12-11-27(19-34(32)47-2)33(20-29-30(39)21-41-22-31(29)40)48-36(44)18-24-7-6-10-28(17-24)42-37(26-8-4-3-5-9-26)38(45)49-35-23-43-15-13-25(35)14-16-43;/h3-12,17,19,21-22,25,33,35,37,42H,13-16,18,20,23H2,1-2H3;1H2/t33?,35-,37?;/m0./s1. The van der Waals surface area contributed by atoms with Crippen molar-refractivity contribution in [2.75, 3.05) is 39.2 Å². The van der Waals surface area contributed by atoms with Crippen molar-refractivity contribution in [3.05, 3.63) is 117 Å². The molecule has 4 heterocycles. The Labute approximate surface area is 301 Å². The number of ether oxygens (including phenoxy) is 4. The number of hydrogen-bond donors (Lipinski definition) is 1. The summed E-state index contributed by atoms with van der Waals surface area (Å²) in [5, 5.41) is 4.23. The third kappa shape index (κ3) is 8.86. The fourth-order valence-corrected chi connectivity index (χ4v) is 7.16. The van der Waals surface area contributed by atoms with Crippen LogP contribution in [0.1, 0.15) is 47.2 Å². The first-order valence-corrected chi connectivity index (χ1v) is 17.2. The number of nitrogens with one attached hydrogen (secondary N) is 2.